The number of benzene rings is 1. The van der Waals surface area contributed by atoms with Crippen LogP contribution in [0.1, 0.15) is 79.2 Å². The van der Waals surface area contributed by atoms with Crippen molar-refractivity contribution in [3.8, 4) is 0 Å². The molecule has 2 N–H and O–H groups in total. The molecule has 4 heteroatoms. The molecule has 0 aromatic heterocycles. The molecule has 0 spiro atoms. The number of carbonyl (C=O) groups is 1. The Labute approximate surface area is 159 Å². The number of hydrogen-bond donors (Lipinski definition) is 2. The van der Waals surface area contributed by atoms with Crippen molar-refractivity contribution < 1.29 is 9.53 Å². The number of amides is 1. The largest absolute Gasteiger partial charge is 0.444 e. The third-order valence-electron chi connectivity index (χ3n) is 5.37. The molecule has 1 saturated carbocycles. The summed E-state index contributed by atoms with van der Waals surface area (Å²) in [6.45, 7) is 12.5. The van der Waals surface area contributed by atoms with Gasteiger partial charge in [0.2, 0.25) is 0 Å². The second-order valence-corrected chi connectivity index (χ2v) is 9.15. The Hall–Kier alpha value is -1.71. The van der Waals surface area contributed by atoms with Crippen molar-refractivity contribution in [3.05, 3.63) is 29.8 Å². The van der Waals surface area contributed by atoms with Crippen molar-refractivity contribution in [3.63, 3.8) is 0 Å². The molecule has 1 aromatic rings. The summed E-state index contributed by atoms with van der Waals surface area (Å²) >= 11 is 0. The number of carbonyl (C=O) groups excluding carboxylic acids is 1. The van der Waals surface area contributed by atoms with Gasteiger partial charge in [0.1, 0.15) is 5.60 Å². The summed E-state index contributed by atoms with van der Waals surface area (Å²) in [6.07, 6.45) is 4.92. The smallest absolute Gasteiger partial charge is 0.407 e. The molecular formula is C22H36N2O2. The minimum absolute atomic E-state index is 0.218. The average molecular weight is 361 g/mol. The van der Waals surface area contributed by atoms with E-state index in [1.807, 2.05) is 20.8 Å². The van der Waals surface area contributed by atoms with Crippen LogP contribution in [-0.4, -0.2) is 23.8 Å². The first-order chi connectivity index (χ1) is 12.1. The van der Waals surface area contributed by atoms with Gasteiger partial charge in [0.25, 0.3) is 0 Å². The van der Waals surface area contributed by atoms with Gasteiger partial charge in [-0.2, -0.15) is 0 Å². The minimum Gasteiger partial charge on any atom is -0.444 e. The zero-order chi connectivity index (χ0) is 19.4. The van der Waals surface area contributed by atoms with E-state index < -0.39 is 5.60 Å². The van der Waals surface area contributed by atoms with E-state index in [1.165, 1.54) is 11.3 Å². The second kappa shape index (κ2) is 8.32. The van der Waals surface area contributed by atoms with E-state index in [0.717, 1.165) is 32.1 Å². The maximum Gasteiger partial charge on any atom is 0.407 e. The van der Waals surface area contributed by atoms with Crippen LogP contribution in [0.15, 0.2) is 24.3 Å². The summed E-state index contributed by atoms with van der Waals surface area (Å²) in [5.41, 5.74) is 2.35. The van der Waals surface area contributed by atoms with Crippen molar-refractivity contribution >= 4 is 11.8 Å². The van der Waals surface area contributed by atoms with Gasteiger partial charge >= 0.3 is 6.09 Å². The molecule has 1 aliphatic carbocycles. The van der Waals surface area contributed by atoms with Crippen LogP contribution in [0.2, 0.25) is 0 Å². The summed E-state index contributed by atoms with van der Waals surface area (Å²) in [5, 5.41) is 6.65. The van der Waals surface area contributed by atoms with Crippen LogP contribution in [0.3, 0.4) is 0 Å². The monoisotopic (exact) mass is 360 g/mol. The van der Waals surface area contributed by atoms with Crippen LogP contribution >= 0.6 is 0 Å². The molecule has 0 bridgehead atoms. The Bertz CT molecular complexity index is 579. The van der Waals surface area contributed by atoms with Crippen LogP contribution in [0.25, 0.3) is 0 Å². The van der Waals surface area contributed by atoms with Gasteiger partial charge in [-0.3, -0.25) is 0 Å². The molecule has 0 saturated heterocycles. The SMILES string of the molecule is CCC(C)(C)c1ccc(NC2CCC(NC(=O)OC(C)(C)C)CC2)cc1. The van der Waals surface area contributed by atoms with E-state index in [-0.39, 0.29) is 17.6 Å². The van der Waals surface area contributed by atoms with Gasteiger partial charge in [0, 0.05) is 17.8 Å². The van der Waals surface area contributed by atoms with E-state index in [1.54, 1.807) is 0 Å². The number of hydrogen-bond acceptors (Lipinski definition) is 3. The molecule has 1 fully saturated rings. The number of nitrogens with one attached hydrogen (secondary N) is 2. The van der Waals surface area contributed by atoms with Gasteiger partial charge in [-0.05, 0) is 76.0 Å². The zero-order valence-electron chi connectivity index (χ0n) is 17.3. The molecule has 1 amide bonds. The predicted octanol–water partition coefficient (Wildman–Crippen LogP) is 5.62. The Balaban J connectivity index is 1.79. The highest BCUT2D eigenvalue weighted by Crippen LogP contribution is 2.28. The van der Waals surface area contributed by atoms with Gasteiger partial charge in [0.15, 0.2) is 0 Å². The topological polar surface area (TPSA) is 50.4 Å². The fraction of sp³-hybridized carbons (Fsp3) is 0.682. The summed E-state index contributed by atoms with van der Waals surface area (Å²) in [5.74, 6) is 0. The van der Waals surface area contributed by atoms with Gasteiger partial charge in [-0.25, -0.2) is 4.79 Å². The predicted molar refractivity (Wildman–Crippen MR) is 109 cm³/mol. The van der Waals surface area contributed by atoms with Crippen molar-refractivity contribution in [1.29, 1.82) is 0 Å². The van der Waals surface area contributed by atoms with Crippen molar-refractivity contribution in [1.82, 2.24) is 5.32 Å². The van der Waals surface area contributed by atoms with Crippen LogP contribution < -0.4 is 10.6 Å². The van der Waals surface area contributed by atoms with Crippen molar-refractivity contribution in [2.75, 3.05) is 5.32 Å². The minimum atomic E-state index is -0.443. The number of anilines is 1. The highest BCUT2D eigenvalue weighted by molar-refractivity contribution is 5.68. The maximum absolute atomic E-state index is 11.9. The molecule has 0 aliphatic heterocycles. The first-order valence-corrected chi connectivity index (χ1v) is 9.95. The van der Waals surface area contributed by atoms with E-state index in [0.29, 0.717) is 6.04 Å². The quantitative estimate of drug-likeness (QED) is 0.716. The normalized spacial score (nSPS) is 21.2. The van der Waals surface area contributed by atoms with Gasteiger partial charge < -0.3 is 15.4 Å². The van der Waals surface area contributed by atoms with Crippen LogP contribution in [-0.2, 0) is 10.2 Å². The molecule has 4 nitrogen and oxygen atoms in total. The summed E-state index contributed by atoms with van der Waals surface area (Å²) in [6, 6.07) is 9.55. The molecule has 26 heavy (non-hydrogen) atoms. The van der Waals surface area contributed by atoms with Crippen molar-refractivity contribution in [2.45, 2.75) is 96.7 Å². The zero-order valence-corrected chi connectivity index (χ0v) is 17.3. The number of ether oxygens (including phenoxy) is 1. The molecule has 0 unspecified atom stereocenters. The molecule has 1 aliphatic rings. The maximum atomic E-state index is 11.9. The van der Waals surface area contributed by atoms with Crippen LogP contribution in [0.5, 0.6) is 0 Å². The fourth-order valence-corrected chi connectivity index (χ4v) is 3.31. The Morgan fingerprint density at radius 1 is 1.00 bits per heavy atom. The van der Waals surface area contributed by atoms with Crippen molar-refractivity contribution in [2.24, 2.45) is 0 Å². The highest BCUT2D eigenvalue weighted by Gasteiger charge is 2.25. The lowest BCUT2D eigenvalue weighted by Gasteiger charge is -2.31. The Morgan fingerprint density at radius 3 is 2.04 bits per heavy atom. The van der Waals surface area contributed by atoms with E-state index in [9.17, 15) is 4.79 Å². The van der Waals surface area contributed by atoms with Crippen LogP contribution in [0, 0.1) is 0 Å². The highest BCUT2D eigenvalue weighted by atomic mass is 16.6. The fourth-order valence-electron chi connectivity index (χ4n) is 3.31. The molecule has 0 radical (unpaired) electrons. The lowest BCUT2D eigenvalue weighted by atomic mass is 9.82. The van der Waals surface area contributed by atoms with Gasteiger partial charge in [-0.15, -0.1) is 0 Å². The molecular weight excluding hydrogens is 324 g/mol. The summed E-state index contributed by atoms with van der Waals surface area (Å²) in [7, 11) is 0. The lowest BCUT2D eigenvalue weighted by Crippen LogP contribution is -2.42. The molecule has 0 atom stereocenters. The van der Waals surface area contributed by atoms with Crippen LogP contribution in [0.4, 0.5) is 10.5 Å². The van der Waals surface area contributed by atoms with E-state index in [2.05, 4.69) is 55.7 Å². The molecule has 2 rings (SSSR count). The third kappa shape index (κ3) is 6.22. The molecule has 0 heterocycles. The van der Waals surface area contributed by atoms with Gasteiger partial charge in [-0.1, -0.05) is 32.9 Å². The summed E-state index contributed by atoms with van der Waals surface area (Å²) < 4.78 is 5.35. The second-order valence-electron chi connectivity index (χ2n) is 9.15. The molecule has 146 valence electrons. The lowest BCUT2D eigenvalue weighted by molar-refractivity contribution is 0.0492. The van der Waals surface area contributed by atoms with E-state index >= 15 is 0 Å². The third-order valence-corrected chi connectivity index (χ3v) is 5.37. The summed E-state index contributed by atoms with van der Waals surface area (Å²) in [4.78, 5) is 11.9. The van der Waals surface area contributed by atoms with E-state index in [4.69, 9.17) is 4.74 Å². The first kappa shape index (κ1) is 20.6. The number of rotatable bonds is 5. The van der Waals surface area contributed by atoms with Gasteiger partial charge in [0.05, 0.1) is 0 Å². The Kier molecular flexibility index (Phi) is 6.59. The standard InChI is InChI=1S/C22H36N2O2/c1-7-22(5,6)16-8-10-17(11-9-16)23-18-12-14-19(15-13-18)24-20(25)26-21(2,3)4/h8-11,18-19,23H,7,12-15H2,1-6H3,(H,24,25). The number of alkyl carbamates (subject to hydrolysis) is 1. The first-order valence-electron chi connectivity index (χ1n) is 9.95. The molecule has 1 aromatic carbocycles. The Morgan fingerprint density at radius 2 is 1.54 bits per heavy atom. The average Bonchev–Trinajstić information content (AvgIpc) is 2.55.